The van der Waals surface area contributed by atoms with E-state index < -0.39 is 11.9 Å². The summed E-state index contributed by atoms with van der Waals surface area (Å²) in [6.07, 6.45) is 5.65. The standard InChI is InChI=1S/C35H46N2O10/c38-32(36(17-21-46-25-23-44-19-15-34(40)41)18-22-47-26-24-45-20-16-35(42)43)11-5-6-12-33(39)37-27-30-9-2-1-7-28(30)13-14-29-8-3-4-10-31(29)37/h1-4,7-10,13-14H,5-6,11-12,15-27H2,(H,40,41)(H,42,43)/b14-13-. The van der Waals surface area contributed by atoms with E-state index in [1.807, 2.05) is 59.5 Å². The lowest BCUT2D eigenvalue weighted by Crippen LogP contribution is -2.37. The van der Waals surface area contributed by atoms with Crippen LogP contribution in [0.25, 0.3) is 12.2 Å². The summed E-state index contributed by atoms with van der Waals surface area (Å²) in [6, 6.07) is 15.9. The molecule has 256 valence electrons. The van der Waals surface area contributed by atoms with Crippen LogP contribution in [0.4, 0.5) is 5.69 Å². The molecule has 0 radical (unpaired) electrons. The average Bonchev–Trinajstić information content (AvgIpc) is 3.05. The number of rotatable bonds is 23. The van der Waals surface area contributed by atoms with Crippen LogP contribution in [0.5, 0.6) is 0 Å². The van der Waals surface area contributed by atoms with E-state index in [1.165, 1.54) is 0 Å². The molecule has 0 spiro atoms. The Morgan fingerprint density at radius 1 is 0.617 bits per heavy atom. The third-order valence-corrected chi connectivity index (χ3v) is 7.41. The van der Waals surface area contributed by atoms with Gasteiger partial charge in [0.05, 0.1) is 77.9 Å². The number of fused-ring (bicyclic) bond motifs is 2. The number of ether oxygens (including phenoxy) is 4. The highest BCUT2D eigenvalue weighted by Gasteiger charge is 2.21. The molecule has 0 fully saturated rings. The fourth-order valence-corrected chi connectivity index (χ4v) is 4.89. The molecule has 0 unspecified atom stereocenters. The molecule has 0 aromatic heterocycles. The fourth-order valence-electron chi connectivity index (χ4n) is 4.89. The molecule has 12 heteroatoms. The summed E-state index contributed by atoms with van der Waals surface area (Å²) < 4.78 is 21.6. The van der Waals surface area contributed by atoms with Crippen LogP contribution in [-0.4, -0.2) is 105 Å². The smallest absolute Gasteiger partial charge is 0.305 e. The van der Waals surface area contributed by atoms with E-state index >= 15 is 0 Å². The van der Waals surface area contributed by atoms with E-state index in [-0.39, 0.29) is 83.9 Å². The van der Waals surface area contributed by atoms with Gasteiger partial charge in [-0.25, -0.2) is 0 Å². The Morgan fingerprint density at radius 3 is 1.74 bits per heavy atom. The maximum Gasteiger partial charge on any atom is 0.305 e. The van der Waals surface area contributed by atoms with Gasteiger partial charge in [-0.1, -0.05) is 54.6 Å². The predicted molar refractivity (Wildman–Crippen MR) is 176 cm³/mol. The Morgan fingerprint density at radius 2 is 1.13 bits per heavy atom. The Hall–Kier alpha value is -4.10. The first-order valence-electron chi connectivity index (χ1n) is 16.0. The number of carbonyl (C=O) groups excluding carboxylic acids is 2. The highest BCUT2D eigenvalue weighted by Crippen LogP contribution is 2.29. The molecule has 1 heterocycles. The minimum Gasteiger partial charge on any atom is -0.481 e. The lowest BCUT2D eigenvalue weighted by molar-refractivity contribution is -0.139. The molecule has 1 aliphatic heterocycles. The van der Waals surface area contributed by atoms with Crippen LogP contribution in [-0.2, 0) is 44.7 Å². The highest BCUT2D eigenvalue weighted by atomic mass is 16.5. The molecule has 1 aliphatic rings. The quantitative estimate of drug-likeness (QED) is 0.168. The summed E-state index contributed by atoms with van der Waals surface area (Å²) in [5.41, 5.74) is 3.99. The van der Waals surface area contributed by atoms with E-state index in [1.54, 1.807) is 4.90 Å². The largest absolute Gasteiger partial charge is 0.481 e. The summed E-state index contributed by atoms with van der Waals surface area (Å²) in [5, 5.41) is 17.3. The number of aliphatic carboxylic acids is 2. The summed E-state index contributed by atoms with van der Waals surface area (Å²) in [6.45, 7) is 2.96. The summed E-state index contributed by atoms with van der Waals surface area (Å²) in [4.78, 5) is 51.3. The Bertz CT molecular complexity index is 1280. The number of carboxylic acids is 2. The normalized spacial score (nSPS) is 12.8. The zero-order valence-electron chi connectivity index (χ0n) is 26.8. The van der Waals surface area contributed by atoms with Gasteiger partial charge in [-0.05, 0) is 35.6 Å². The van der Waals surface area contributed by atoms with Gasteiger partial charge in [0.25, 0.3) is 0 Å². The van der Waals surface area contributed by atoms with Crippen molar-refractivity contribution in [3.05, 3.63) is 65.2 Å². The molecule has 2 aromatic carbocycles. The number of unbranched alkanes of at least 4 members (excludes halogenated alkanes) is 1. The van der Waals surface area contributed by atoms with Crippen LogP contribution in [0.2, 0.25) is 0 Å². The van der Waals surface area contributed by atoms with Crippen molar-refractivity contribution in [2.75, 3.05) is 70.8 Å². The minimum absolute atomic E-state index is 0.00445. The molecule has 0 saturated heterocycles. The van der Waals surface area contributed by atoms with Gasteiger partial charge in [0, 0.05) is 25.9 Å². The van der Waals surface area contributed by atoms with Crippen LogP contribution in [0, 0.1) is 0 Å². The van der Waals surface area contributed by atoms with Crippen LogP contribution in [0.1, 0.15) is 55.2 Å². The molecule has 0 aliphatic carbocycles. The SMILES string of the molecule is O=C(O)CCOCCOCCN(CCOCCOCCC(=O)O)C(=O)CCCCC(=O)N1Cc2ccccc2/C=C\c2ccccc21. The number of nitrogens with zero attached hydrogens (tertiary/aromatic N) is 2. The number of hydrogen-bond donors (Lipinski definition) is 2. The van der Waals surface area contributed by atoms with Crippen molar-refractivity contribution in [1.82, 2.24) is 4.90 Å². The van der Waals surface area contributed by atoms with Crippen LogP contribution in [0.3, 0.4) is 0 Å². The van der Waals surface area contributed by atoms with E-state index in [4.69, 9.17) is 29.2 Å². The Kier molecular flexibility index (Phi) is 17.2. The van der Waals surface area contributed by atoms with Crippen molar-refractivity contribution in [3.8, 4) is 0 Å². The molecule has 0 bridgehead atoms. The molecular formula is C35H46N2O10. The zero-order valence-corrected chi connectivity index (χ0v) is 26.8. The summed E-state index contributed by atoms with van der Waals surface area (Å²) >= 11 is 0. The second kappa shape index (κ2) is 21.6. The molecule has 0 atom stereocenters. The van der Waals surface area contributed by atoms with Crippen molar-refractivity contribution in [1.29, 1.82) is 0 Å². The lowest BCUT2D eigenvalue weighted by Gasteiger charge is -2.27. The number of amides is 2. The molecular weight excluding hydrogens is 608 g/mol. The second-order valence-corrected chi connectivity index (χ2v) is 10.9. The number of carbonyl (C=O) groups is 4. The van der Waals surface area contributed by atoms with Gasteiger partial charge in [0.2, 0.25) is 11.8 Å². The topological polar surface area (TPSA) is 152 Å². The number of benzene rings is 2. The molecule has 2 amide bonds. The number of hydrogen-bond acceptors (Lipinski definition) is 8. The number of para-hydroxylation sites is 1. The van der Waals surface area contributed by atoms with Crippen molar-refractivity contribution in [3.63, 3.8) is 0 Å². The van der Waals surface area contributed by atoms with Gasteiger partial charge in [0.1, 0.15) is 0 Å². The predicted octanol–water partition coefficient (Wildman–Crippen LogP) is 4.11. The molecule has 2 aromatic rings. The molecule has 3 rings (SSSR count). The van der Waals surface area contributed by atoms with Crippen molar-refractivity contribution < 1.29 is 48.3 Å². The van der Waals surface area contributed by atoms with E-state index in [0.29, 0.717) is 38.9 Å². The van der Waals surface area contributed by atoms with E-state index in [9.17, 15) is 19.2 Å². The van der Waals surface area contributed by atoms with Gasteiger partial charge in [-0.2, -0.15) is 0 Å². The first-order chi connectivity index (χ1) is 22.8. The molecule has 47 heavy (non-hydrogen) atoms. The van der Waals surface area contributed by atoms with Crippen LogP contribution in [0.15, 0.2) is 48.5 Å². The fraction of sp³-hybridized carbons (Fsp3) is 0.486. The number of anilines is 1. The van der Waals surface area contributed by atoms with Crippen molar-refractivity contribution in [2.24, 2.45) is 0 Å². The third kappa shape index (κ3) is 14.5. The lowest BCUT2D eigenvalue weighted by atomic mass is 10.0. The van der Waals surface area contributed by atoms with E-state index in [2.05, 4.69) is 6.08 Å². The average molecular weight is 655 g/mol. The van der Waals surface area contributed by atoms with Gasteiger partial charge in [-0.3, -0.25) is 19.2 Å². The summed E-state index contributed by atoms with van der Waals surface area (Å²) in [7, 11) is 0. The van der Waals surface area contributed by atoms with Crippen molar-refractivity contribution in [2.45, 2.75) is 45.1 Å². The Labute approximate surface area is 275 Å². The van der Waals surface area contributed by atoms with Crippen LogP contribution < -0.4 is 4.90 Å². The summed E-state index contributed by atoms with van der Waals surface area (Å²) in [5.74, 6) is -1.92. The molecule has 2 N–H and O–H groups in total. The Balaban J connectivity index is 1.46. The maximum atomic E-state index is 13.5. The zero-order chi connectivity index (χ0) is 33.7. The first-order valence-corrected chi connectivity index (χ1v) is 16.0. The van der Waals surface area contributed by atoms with Crippen molar-refractivity contribution >= 4 is 41.6 Å². The highest BCUT2D eigenvalue weighted by molar-refractivity contribution is 5.97. The third-order valence-electron chi connectivity index (χ3n) is 7.41. The monoisotopic (exact) mass is 654 g/mol. The second-order valence-electron chi connectivity index (χ2n) is 10.9. The molecule has 0 saturated carbocycles. The molecule has 12 nitrogen and oxygen atoms in total. The van der Waals surface area contributed by atoms with E-state index in [0.717, 1.165) is 22.4 Å². The van der Waals surface area contributed by atoms with Gasteiger partial charge in [0.15, 0.2) is 0 Å². The first kappa shape index (κ1) is 37.4. The maximum absolute atomic E-state index is 13.5. The van der Waals surface area contributed by atoms with Gasteiger partial charge in [-0.15, -0.1) is 0 Å². The van der Waals surface area contributed by atoms with Gasteiger partial charge >= 0.3 is 11.9 Å². The minimum atomic E-state index is -0.927. The van der Waals surface area contributed by atoms with Gasteiger partial charge < -0.3 is 39.0 Å². The van der Waals surface area contributed by atoms with Crippen LogP contribution >= 0.6 is 0 Å². The number of carboxylic acid groups (broad SMARTS) is 2.